The molecule has 4 heterocycles. The average molecular weight is 323 g/mol. The van der Waals surface area contributed by atoms with E-state index in [1.165, 1.54) is 13.4 Å². The molecule has 0 spiro atoms. The van der Waals surface area contributed by atoms with Crippen LogP contribution < -0.4 is 5.73 Å². The molecule has 2 saturated heterocycles. The number of fused-ring (bicyclic) bond motifs is 2. The number of ether oxygens (including phenoxy) is 4. The summed E-state index contributed by atoms with van der Waals surface area (Å²) in [4.78, 5) is 12.3. The van der Waals surface area contributed by atoms with Gasteiger partial charge in [-0.1, -0.05) is 0 Å². The third kappa shape index (κ3) is 2.11. The van der Waals surface area contributed by atoms with Crippen LogP contribution in [0.3, 0.4) is 0 Å². The highest BCUT2D eigenvalue weighted by Crippen LogP contribution is 2.43. The lowest BCUT2D eigenvalue weighted by atomic mass is 10.1. The number of nitrogen functional groups attached to an aromatic ring is 1. The Bertz CT molecular complexity index is 739. The molecule has 0 saturated carbocycles. The molecule has 10 nitrogen and oxygen atoms in total. The van der Waals surface area contributed by atoms with Crippen molar-refractivity contribution in [1.29, 1.82) is 0 Å². The van der Waals surface area contributed by atoms with E-state index < -0.39 is 30.5 Å². The predicted octanol–water partition coefficient (Wildman–Crippen LogP) is -0.598. The number of aromatic nitrogens is 4. The maximum Gasteiger partial charge on any atom is 0.280 e. The summed E-state index contributed by atoms with van der Waals surface area (Å²) in [6.45, 7) is 1.47. The topological polar surface area (TPSA) is 127 Å². The van der Waals surface area contributed by atoms with Gasteiger partial charge in [0.2, 0.25) is 0 Å². The number of rotatable bonds is 3. The van der Waals surface area contributed by atoms with Gasteiger partial charge in [-0.2, -0.15) is 0 Å². The Balaban J connectivity index is 1.75. The minimum Gasteiger partial charge on any atom is -0.394 e. The Labute approximate surface area is 131 Å². The first-order chi connectivity index (χ1) is 11.1. The first-order valence-electron chi connectivity index (χ1n) is 7.16. The summed E-state index contributed by atoms with van der Waals surface area (Å²) in [6.07, 6.45) is 0.851. The molecule has 2 aromatic heterocycles. The van der Waals surface area contributed by atoms with E-state index in [0.717, 1.165) is 0 Å². The first-order valence-corrected chi connectivity index (χ1v) is 7.16. The Morgan fingerprint density at radius 3 is 2.87 bits per heavy atom. The molecule has 10 heteroatoms. The highest BCUT2D eigenvalue weighted by molar-refractivity contribution is 5.81. The molecule has 2 aromatic rings. The van der Waals surface area contributed by atoms with Gasteiger partial charge in [0.1, 0.15) is 30.2 Å². The van der Waals surface area contributed by atoms with E-state index in [9.17, 15) is 5.11 Å². The average Bonchev–Trinajstić information content (AvgIpc) is 3.19. The zero-order valence-electron chi connectivity index (χ0n) is 12.6. The van der Waals surface area contributed by atoms with E-state index in [0.29, 0.717) is 11.2 Å². The molecule has 23 heavy (non-hydrogen) atoms. The van der Waals surface area contributed by atoms with E-state index >= 15 is 0 Å². The van der Waals surface area contributed by atoms with Crippen molar-refractivity contribution >= 4 is 17.0 Å². The van der Waals surface area contributed by atoms with Crippen molar-refractivity contribution in [2.24, 2.45) is 0 Å². The molecule has 3 N–H and O–H groups in total. The summed E-state index contributed by atoms with van der Waals surface area (Å²) < 4.78 is 24.5. The number of imidazole rings is 1. The third-order valence-electron chi connectivity index (χ3n) is 4.20. The van der Waals surface area contributed by atoms with Crippen LogP contribution in [0.1, 0.15) is 13.2 Å². The van der Waals surface area contributed by atoms with E-state index in [4.69, 9.17) is 24.7 Å². The lowest BCUT2D eigenvalue weighted by molar-refractivity contribution is -0.336. The van der Waals surface area contributed by atoms with Gasteiger partial charge in [-0.3, -0.25) is 4.57 Å². The summed E-state index contributed by atoms with van der Waals surface area (Å²) in [5, 5.41) is 9.56. The summed E-state index contributed by atoms with van der Waals surface area (Å²) in [5.74, 6) is -0.901. The number of methoxy groups -OCH3 is 1. The zero-order valence-corrected chi connectivity index (χ0v) is 12.6. The van der Waals surface area contributed by atoms with Crippen molar-refractivity contribution in [3.05, 3.63) is 12.7 Å². The second kappa shape index (κ2) is 5.08. The van der Waals surface area contributed by atoms with Crippen LogP contribution in [-0.4, -0.2) is 62.6 Å². The van der Waals surface area contributed by atoms with Crippen molar-refractivity contribution in [3.8, 4) is 0 Å². The summed E-state index contributed by atoms with van der Waals surface area (Å²) in [7, 11) is 1.49. The van der Waals surface area contributed by atoms with Gasteiger partial charge in [-0.05, 0) is 0 Å². The zero-order chi connectivity index (χ0) is 16.2. The molecule has 0 aliphatic carbocycles. The molecular formula is C13H17N5O5. The normalized spacial score (nSPS) is 36.7. The quantitative estimate of drug-likeness (QED) is 0.761. The van der Waals surface area contributed by atoms with Gasteiger partial charge in [-0.15, -0.1) is 0 Å². The summed E-state index contributed by atoms with van der Waals surface area (Å²) >= 11 is 0. The molecule has 0 aromatic carbocycles. The van der Waals surface area contributed by atoms with Gasteiger partial charge >= 0.3 is 0 Å². The van der Waals surface area contributed by atoms with Gasteiger partial charge in [0, 0.05) is 14.0 Å². The number of nitrogens with zero attached hydrogens (tertiary/aromatic N) is 4. The molecule has 5 atom stereocenters. The maximum atomic E-state index is 9.56. The highest BCUT2D eigenvalue weighted by atomic mass is 16.9. The summed E-state index contributed by atoms with van der Waals surface area (Å²) in [5.41, 5.74) is 6.81. The third-order valence-corrected chi connectivity index (χ3v) is 4.20. The van der Waals surface area contributed by atoms with Crippen LogP contribution in [-0.2, 0) is 18.9 Å². The molecule has 1 unspecified atom stereocenters. The van der Waals surface area contributed by atoms with E-state index in [1.807, 2.05) is 0 Å². The Morgan fingerprint density at radius 2 is 2.13 bits per heavy atom. The van der Waals surface area contributed by atoms with E-state index in [1.54, 1.807) is 17.8 Å². The monoisotopic (exact) mass is 323 g/mol. The number of aliphatic hydroxyl groups excluding tert-OH is 1. The lowest BCUT2D eigenvalue weighted by Crippen LogP contribution is -2.34. The molecule has 124 valence electrons. The smallest absolute Gasteiger partial charge is 0.280 e. The molecule has 2 aliphatic rings. The van der Waals surface area contributed by atoms with Crippen molar-refractivity contribution < 1.29 is 24.1 Å². The van der Waals surface area contributed by atoms with Crippen LogP contribution in [0.5, 0.6) is 0 Å². The van der Waals surface area contributed by atoms with Gasteiger partial charge in [-0.25, -0.2) is 15.0 Å². The van der Waals surface area contributed by atoms with E-state index in [2.05, 4.69) is 15.0 Å². The van der Waals surface area contributed by atoms with Crippen LogP contribution in [0.15, 0.2) is 12.7 Å². The summed E-state index contributed by atoms with van der Waals surface area (Å²) in [6, 6.07) is 0. The fourth-order valence-electron chi connectivity index (χ4n) is 3.02. The van der Waals surface area contributed by atoms with Crippen LogP contribution >= 0.6 is 0 Å². The molecule has 2 fully saturated rings. The van der Waals surface area contributed by atoms with Crippen LogP contribution in [0, 0.1) is 0 Å². The van der Waals surface area contributed by atoms with Crippen molar-refractivity contribution in [2.45, 2.75) is 37.4 Å². The van der Waals surface area contributed by atoms with Crippen molar-refractivity contribution in [2.75, 3.05) is 19.5 Å². The van der Waals surface area contributed by atoms with Crippen molar-refractivity contribution in [3.63, 3.8) is 0 Å². The number of aliphatic hydroxyl groups is 1. The van der Waals surface area contributed by atoms with Gasteiger partial charge in [0.05, 0.1) is 12.9 Å². The lowest BCUT2D eigenvalue weighted by Gasteiger charge is -2.25. The standard InChI is InChI=1S/C13H17N5O5/c1-13(20-2)22-8-6(3-19)21-12(9(8)23-13)18-5-17-7-10(14)15-4-16-11(7)18/h4-6,8-9,12,19H,3H2,1-2H3,(H2,14,15,16)/t6-,8-,9-,12-,13?/m1/s1. The first kappa shape index (κ1) is 14.7. The van der Waals surface area contributed by atoms with Crippen LogP contribution in [0.2, 0.25) is 0 Å². The molecule has 2 aliphatic heterocycles. The Hall–Kier alpha value is -1.85. The molecule has 0 bridgehead atoms. The Morgan fingerprint density at radius 1 is 1.35 bits per heavy atom. The minimum atomic E-state index is -1.19. The molecule has 0 amide bonds. The number of hydrogen-bond donors (Lipinski definition) is 2. The predicted molar refractivity (Wildman–Crippen MR) is 75.9 cm³/mol. The largest absolute Gasteiger partial charge is 0.394 e. The number of hydrogen-bond acceptors (Lipinski definition) is 9. The van der Waals surface area contributed by atoms with Gasteiger partial charge < -0.3 is 29.8 Å². The molecular weight excluding hydrogens is 306 g/mol. The fraction of sp³-hybridized carbons (Fsp3) is 0.615. The van der Waals surface area contributed by atoms with Crippen LogP contribution in [0.4, 0.5) is 5.82 Å². The second-order valence-corrected chi connectivity index (χ2v) is 5.56. The highest BCUT2D eigenvalue weighted by Gasteiger charge is 2.57. The van der Waals surface area contributed by atoms with E-state index in [-0.39, 0.29) is 12.4 Å². The fourth-order valence-corrected chi connectivity index (χ4v) is 3.02. The maximum absolute atomic E-state index is 9.56. The minimum absolute atomic E-state index is 0.204. The van der Waals surface area contributed by atoms with Gasteiger partial charge in [0.25, 0.3) is 5.97 Å². The van der Waals surface area contributed by atoms with Crippen LogP contribution in [0.25, 0.3) is 11.2 Å². The number of nitrogens with two attached hydrogens (primary N) is 1. The molecule has 4 rings (SSSR count). The Kier molecular flexibility index (Phi) is 3.25. The number of anilines is 1. The molecule has 0 radical (unpaired) electrons. The SMILES string of the molecule is COC1(C)O[C@@H]2[C@H](O1)[C@@H](CO)O[C@H]2n1cnc2c(N)ncnc21. The second-order valence-electron chi connectivity index (χ2n) is 5.56. The van der Waals surface area contributed by atoms with Gasteiger partial charge in [0.15, 0.2) is 17.7 Å². The van der Waals surface area contributed by atoms with Crippen molar-refractivity contribution in [1.82, 2.24) is 19.5 Å².